The zero-order valence-electron chi connectivity index (χ0n) is 9.91. The Morgan fingerprint density at radius 2 is 2.00 bits per heavy atom. The molecule has 0 aliphatic carbocycles. The number of halogens is 2. The molecule has 0 aromatic heterocycles. The van der Waals surface area contributed by atoms with Gasteiger partial charge in [0, 0.05) is 6.54 Å². The van der Waals surface area contributed by atoms with Crippen LogP contribution in [0.2, 0.25) is 0 Å². The van der Waals surface area contributed by atoms with Gasteiger partial charge in [-0.2, -0.15) is 0 Å². The molecule has 18 heavy (non-hydrogen) atoms. The molecule has 0 amide bonds. The van der Waals surface area contributed by atoms with Crippen LogP contribution in [0.4, 0.5) is 4.39 Å². The zero-order valence-corrected chi connectivity index (χ0v) is 11.5. The van der Waals surface area contributed by atoms with E-state index in [2.05, 4.69) is 15.9 Å². The molecule has 2 rings (SSSR count). The molecule has 0 aliphatic rings. The molecule has 2 nitrogen and oxygen atoms in total. The second kappa shape index (κ2) is 5.50. The molecule has 0 spiro atoms. The maximum absolute atomic E-state index is 13.1. The molecular formula is C14H13BrFNO. The fourth-order valence-corrected chi connectivity index (χ4v) is 1.98. The summed E-state index contributed by atoms with van der Waals surface area (Å²) in [6.07, 6.45) is 0. The highest BCUT2D eigenvalue weighted by molar-refractivity contribution is 9.10. The molecular weight excluding hydrogens is 297 g/mol. The van der Waals surface area contributed by atoms with E-state index in [0.29, 0.717) is 16.8 Å². The van der Waals surface area contributed by atoms with Gasteiger partial charge in [0.1, 0.15) is 17.3 Å². The van der Waals surface area contributed by atoms with Crippen LogP contribution in [0.3, 0.4) is 0 Å². The van der Waals surface area contributed by atoms with Crippen molar-refractivity contribution >= 4 is 15.9 Å². The number of nitrogens with two attached hydrogens (primary N) is 1. The number of rotatable bonds is 3. The summed E-state index contributed by atoms with van der Waals surface area (Å²) in [5.41, 5.74) is 7.62. The normalized spacial score (nSPS) is 10.4. The van der Waals surface area contributed by atoms with E-state index in [0.717, 1.165) is 16.9 Å². The predicted octanol–water partition coefficient (Wildman–Crippen LogP) is 4.15. The summed E-state index contributed by atoms with van der Waals surface area (Å²) in [6, 6.07) is 10.3. The van der Waals surface area contributed by atoms with E-state index < -0.39 is 0 Å². The van der Waals surface area contributed by atoms with Crippen LogP contribution in [0.15, 0.2) is 40.9 Å². The van der Waals surface area contributed by atoms with Crippen LogP contribution in [0.1, 0.15) is 11.1 Å². The summed E-state index contributed by atoms with van der Waals surface area (Å²) in [6.45, 7) is 2.45. The number of benzene rings is 2. The molecule has 0 unspecified atom stereocenters. The lowest BCUT2D eigenvalue weighted by atomic mass is 10.1. The average Bonchev–Trinajstić information content (AvgIpc) is 2.36. The van der Waals surface area contributed by atoms with Crippen LogP contribution in [0.5, 0.6) is 11.5 Å². The van der Waals surface area contributed by atoms with Gasteiger partial charge in [-0.25, -0.2) is 4.39 Å². The maximum Gasteiger partial charge on any atom is 0.137 e. The van der Waals surface area contributed by atoms with E-state index in [9.17, 15) is 4.39 Å². The monoisotopic (exact) mass is 309 g/mol. The molecule has 0 aliphatic heterocycles. The number of hydrogen-bond donors (Lipinski definition) is 1. The Balaban J connectivity index is 2.25. The van der Waals surface area contributed by atoms with Gasteiger partial charge in [-0.1, -0.05) is 12.1 Å². The number of aryl methyl sites for hydroxylation is 1. The summed E-state index contributed by atoms with van der Waals surface area (Å²) in [4.78, 5) is 0. The molecule has 2 aromatic carbocycles. The molecule has 0 heterocycles. The Kier molecular flexibility index (Phi) is 3.99. The van der Waals surface area contributed by atoms with E-state index in [1.807, 2.05) is 25.1 Å². The summed E-state index contributed by atoms with van der Waals surface area (Å²) in [5.74, 6) is 1.02. The van der Waals surface area contributed by atoms with Gasteiger partial charge >= 0.3 is 0 Å². The van der Waals surface area contributed by atoms with Gasteiger partial charge in [-0.05, 0) is 58.2 Å². The first-order chi connectivity index (χ1) is 8.60. The van der Waals surface area contributed by atoms with E-state index in [1.54, 1.807) is 12.1 Å². The minimum atomic E-state index is -0.308. The summed E-state index contributed by atoms with van der Waals surface area (Å²) >= 11 is 3.13. The Labute approximate surface area is 114 Å². The van der Waals surface area contributed by atoms with Crippen molar-refractivity contribution in [3.05, 3.63) is 57.8 Å². The van der Waals surface area contributed by atoms with Gasteiger partial charge in [0.05, 0.1) is 4.47 Å². The van der Waals surface area contributed by atoms with Gasteiger partial charge in [0.15, 0.2) is 0 Å². The third-order valence-corrected chi connectivity index (χ3v) is 3.20. The first kappa shape index (κ1) is 13.1. The fourth-order valence-electron chi connectivity index (χ4n) is 1.62. The van der Waals surface area contributed by atoms with Crippen molar-refractivity contribution in [3.63, 3.8) is 0 Å². The Hall–Kier alpha value is -1.39. The first-order valence-electron chi connectivity index (χ1n) is 5.52. The van der Waals surface area contributed by atoms with Crippen LogP contribution in [-0.4, -0.2) is 0 Å². The smallest absolute Gasteiger partial charge is 0.137 e. The molecule has 0 fully saturated rings. The van der Waals surface area contributed by atoms with Crippen LogP contribution < -0.4 is 10.5 Å². The van der Waals surface area contributed by atoms with Crippen molar-refractivity contribution in [3.8, 4) is 11.5 Å². The minimum absolute atomic E-state index is 0.308. The highest BCUT2D eigenvalue weighted by Gasteiger charge is 2.05. The van der Waals surface area contributed by atoms with Crippen molar-refractivity contribution in [1.29, 1.82) is 0 Å². The van der Waals surface area contributed by atoms with Crippen molar-refractivity contribution in [1.82, 2.24) is 0 Å². The van der Waals surface area contributed by atoms with Crippen LogP contribution in [0, 0.1) is 12.7 Å². The second-order valence-electron chi connectivity index (χ2n) is 3.98. The van der Waals surface area contributed by atoms with E-state index >= 15 is 0 Å². The summed E-state index contributed by atoms with van der Waals surface area (Å²) < 4.78 is 19.2. The third kappa shape index (κ3) is 2.89. The van der Waals surface area contributed by atoms with Gasteiger partial charge < -0.3 is 10.5 Å². The van der Waals surface area contributed by atoms with Crippen LogP contribution >= 0.6 is 15.9 Å². The molecule has 0 radical (unpaired) electrons. The molecule has 0 saturated carbocycles. The Morgan fingerprint density at radius 1 is 1.22 bits per heavy atom. The van der Waals surface area contributed by atoms with Crippen LogP contribution in [0.25, 0.3) is 0 Å². The SMILES string of the molecule is Cc1cc(CN)ccc1Oc1ccc(F)c(Br)c1. The maximum atomic E-state index is 13.1. The molecule has 2 N–H and O–H groups in total. The topological polar surface area (TPSA) is 35.2 Å². The number of hydrogen-bond acceptors (Lipinski definition) is 2. The Bertz CT molecular complexity index is 572. The fraction of sp³-hybridized carbons (Fsp3) is 0.143. The highest BCUT2D eigenvalue weighted by atomic mass is 79.9. The lowest BCUT2D eigenvalue weighted by molar-refractivity contribution is 0.476. The Morgan fingerprint density at radius 3 is 2.61 bits per heavy atom. The predicted molar refractivity (Wildman–Crippen MR) is 73.2 cm³/mol. The molecule has 4 heteroatoms. The van der Waals surface area contributed by atoms with E-state index in [1.165, 1.54) is 6.07 Å². The minimum Gasteiger partial charge on any atom is -0.457 e. The van der Waals surface area contributed by atoms with Gasteiger partial charge in [-0.15, -0.1) is 0 Å². The third-order valence-electron chi connectivity index (χ3n) is 2.59. The highest BCUT2D eigenvalue weighted by Crippen LogP contribution is 2.28. The zero-order chi connectivity index (χ0) is 13.1. The van der Waals surface area contributed by atoms with Crippen LogP contribution in [-0.2, 0) is 6.54 Å². The van der Waals surface area contributed by atoms with Crippen molar-refractivity contribution in [2.24, 2.45) is 5.73 Å². The van der Waals surface area contributed by atoms with Crippen molar-refractivity contribution in [2.75, 3.05) is 0 Å². The van der Waals surface area contributed by atoms with Gasteiger partial charge in [0.25, 0.3) is 0 Å². The number of ether oxygens (including phenoxy) is 1. The van der Waals surface area contributed by atoms with Crippen molar-refractivity contribution in [2.45, 2.75) is 13.5 Å². The second-order valence-corrected chi connectivity index (χ2v) is 4.84. The molecule has 0 atom stereocenters. The van der Waals surface area contributed by atoms with E-state index in [-0.39, 0.29) is 5.82 Å². The molecule has 0 bridgehead atoms. The van der Waals surface area contributed by atoms with Gasteiger partial charge in [0.2, 0.25) is 0 Å². The van der Waals surface area contributed by atoms with Crippen molar-refractivity contribution < 1.29 is 9.13 Å². The quantitative estimate of drug-likeness (QED) is 0.924. The summed E-state index contributed by atoms with van der Waals surface area (Å²) in [7, 11) is 0. The largest absolute Gasteiger partial charge is 0.457 e. The summed E-state index contributed by atoms with van der Waals surface area (Å²) in [5, 5.41) is 0. The average molecular weight is 310 g/mol. The molecule has 0 saturated heterocycles. The lowest BCUT2D eigenvalue weighted by Gasteiger charge is -2.10. The standard InChI is InChI=1S/C14H13BrFNO/c1-9-6-10(8-17)2-5-14(9)18-11-3-4-13(16)12(15)7-11/h2-7H,8,17H2,1H3. The lowest BCUT2D eigenvalue weighted by Crippen LogP contribution is -1.97. The molecule has 2 aromatic rings. The van der Waals surface area contributed by atoms with Gasteiger partial charge in [-0.3, -0.25) is 0 Å². The van der Waals surface area contributed by atoms with E-state index in [4.69, 9.17) is 10.5 Å². The molecule has 94 valence electrons. The first-order valence-corrected chi connectivity index (χ1v) is 6.32.